The number of aromatic nitrogens is 6. The first-order chi connectivity index (χ1) is 17.8. The predicted octanol–water partition coefficient (Wildman–Crippen LogP) is 5.53. The Morgan fingerprint density at radius 3 is 2.76 bits per heavy atom. The second kappa shape index (κ2) is 8.57. The number of alkyl halides is 3. The zero-order valence-corrected chi connectivity index (χ0v) is 19.5. The summed E-state index contributed by atoms with van der Waals surface area (Å²) in [5, 5.41) is 10.8. The van der Waals surface area contributed by atoms with E-state index >= 15 is 0 Å². The number of imidazole rings is 1. The first kappa shape index (κ1) is 23.0. The Morgan fingerprint density at radius 1 is 1.16 bits per heavy atom. The fourth-order valence-corrected chi connectivity index (χ4v) is 4.12. The van der Waals surface area contributed by atoms with Gasteiger partial charge in [0.25, 0.3) is 5.91 Å². The Morgan fingerprint density at radius 2 is 1.97 bits per heavy atom. The van der Waals surface area contributed by atoms with Gasteiger partial charge >= 0.3 is 6.18 Å². The number of nitrogens with zero attached hydrogens (tertiary/aromatic N) is 6. The molecule has 1 saturated carbocycles. The van der Waals surface area contributed by atoms with E-state index < -0.39 is 18.1 Å². The fraction of sp³-hybridized carbons (Fsp3) is 0.240. The number of benzene rings is 1. The lowest BCUT2D eigenvalue weighted by Gasteiger charge is -2.18. The number of rotatable bonds is 6. The maximum atomic E-state index is 13.2. The van der Waals surface area contributed by atoms with Gasteiger partial charge in [-0.1, -0.05) is 12.1 Å². The number of amides is 1. The average Bonchev–Trinajstić information content (AvgIpc) is 3.27. The van der Waals surface area contributed by atoms with Gasteiger partial charge in [0.15, 0.2) is 11.6 Å². The number of pyridine rings is 1. The van der Waals surface area contributed by atoms with Crippen molar-refractivity contribution >= 4 is 22.7 Å². The molecule has 0 spiro atoms. The molecule has 1 unspecified atom stereocenters. The van der Waals surface area contributed by atoms with Gasteiger partial charge in [0.05, 0.1) is 17.7 Å². The van der Waals surface area contributed by atoms with Crippen molar-refractivity contribution in [3.8, 4) is 17.2 Å². The molecule has 9 nitrogen and oxygen atoms in total. The first-order valence-corrected chi connectivity index (χ1v) is 11.6. The van der Waals surface area contributed by atoms with Crippen LogP contribution in [0.25, 0.3) is 28.2 Å². The van der Waals surface area contributed by atoms with Gasteiger partial charge in [0.2, 0.25) is 0 Å². The van der Waals surface area contributed by atoms with Crippen molar-refractivity contribution in [2.24, 2.45) is 0 Å². The molecule has 1 aliphatic rings. The summed E-state index contributed by atoms with van der Waals surface area (Å²) >= 11 is 0. The molecule has 4 heterocycles. The number of furan rings is 1. The maximum Gasteiger partial charge on any atom is 0.408 e. The van der Waals surface area contributed by atoms with E-state index in [1.165, 1.54) is 12.1 Å². The van der Waals surface area contributed by atoms with Crippen molar-refractivity contribution in [3.63, 3.8) is 0 Å². The van der Waals surface area contributed by atoms with Crippen LogP contribution in [0.5, 0.6) is 0 Å². The highest BCUT2D eigenvalue weighted by atomic mass is 19.4. The molecule has 1 amide bonds. The number of nitrogens with one attached hydrogen (secondary N) is 1. The lowest BCUT2D eigenvalue weighted by Crippen LogP contribution is -2.24. The van der Waals surface area contributed by atoms with Gasteiger partial charge in [-0.15, -0.1) is 10.2 Å². The SMILES string of the molecule is CC(n1cnnc1-c1cccc(NC(=O)c2cc3c(-n4cnc(C5CC5)c4)cccc3o2)n1)C(F)(F)F. The van der Waals surface area contributed by atoms with Crippen LogP contribution in [0.2, 0.25) is 0 Å². The van der Waals surface area contributed by atoms with Gasteiger partial charge in [0.1, 0.15) is 29.5 Å². The number of carbonyl (C=O) groups is 1. The Hall–Kier alpha value is -4.48. The minimum absolute atomic E-state index is 0.0612. The molecule has 12 heteroatoms. The summed E-state index contributed by atoms with van der Waals surface area (Å²) in [6, 6.07) is 9.89. The minimum Gasteiger partial charge on any atom is -0.451 e. The van der Waals surface area contributed by atoms with E-state index in [2.05, 4.69) is 25.5 Å². The maximum absolute atomic E-state index is 13.2. The highest BCUT2D eigenvalue weighted by molar-refractivity contribution is 6.05. The number of halogens is 3. The van der Waals surface area contributed by atoms with Crippen molar-refractivity contribution < 1.29 is 22.4 Å². The summed E-state index contributed by atoms with van der Waals surface area (Å²) in [6.07, 6.45) is 2.55. The van der Waals surface area contributed by atoms with Gasteiger partial charge in [-0.05, 0) is 50.1 Å². The third-order valence-electron chi connectivity index (χ3n) is 6.32. The standard InChI is InChI=1S/C25H20F3N7O2/c1-14(25(26,27)28)35-13-30-33-23(35)17-4-2-7-22(31-17)32-24(36)21-10-16-19(5-3-6-20(16)37-21)34-11-18(29-12-34)15-8-9-15/h2-7,10-15H,8-9H2,1H3,(H,31,32,36). The number of hydrogen-bond acceptors (Lipinski definition) is 6. The lowest BCUT2D eigenvalue weighted by molar-refractivity contribution is -0.162. The highest BCUT2D eigenvalue weighted by Crippen LogP contribution is 2.39. The van der Waals surface area contributed by atoms with Crippen molar-refractivity contribution in [2.45, 2.75) is 37.9 Å². The lowest BCUT2D eigenvalue weighted by atomic mass is 10.2. The van der Waals surface area contributed by atoms with E-state index in [0.717, 1.165) is 47.4 Å². The third-order valence-corrected chi connectivity index (χ3v) is 6.32. The van der Waals surface area contributed by atoms with Crippen LogP contribution in [0.1, 0.15) is 48.0 Å². The molecule has 1 N–H and O–H groups in total. The third kappa shape index (κ3) is 4.34. The van der Waals surface area contributed by atoms with Crippen molar-refractivity contribution in [2.75, 3.05) is 5.32 Å². The topological polar surface area (TPSA) is 104 Å². The molecular formula is C25H20F3N7O2. The summed E-state index contributed by atoms with van der Waals surface area (Å²) in [5.74, 6) is 0.0773. The summed E-state index contributed by atoms with van der Waals surface area (Å²) in [6.45, 7) is 1.00. The number of anilines is 1. The highest BCUT2D eigenvalue weighted by Gasteiger charge is 2.38. The molecule has 37 heavy (non-hydrogen) atoms. The molecule has 0 bridgehead atoms. The molecule has 1 fully saturated rings. The van der Waals surface area contributed by atoms with E-state index in [9.17, 15) is 18.0 Å². The van der Waals surface area contributed by atoms with Crippen LogP contribution in [0.15, 0.2) is 65.7 Å². The summed E-state index contributed by atoms with van der Waals surface area (Å²) in [7, 11) is 0. The molecule has 5 aromatic rings. The van der Waals surface area contributed by atoms with Crippen LogP contribution in [-0.4, -0.2) is 41.4 Å². The quantitative estimate of drug-likeness (QED) is 0.324. The molecule has 188 valence electrons. The van der Waals surface area contributed by atoms with Crippen molar-refractivity contribution in [1.29, 1.82) is 0 Å². The minimum atomic E-state index is -4.49. The Bertz CT molecular complexity index is 1610. The largest absolute Gasteiger partial charge is 0.451 e. The molecule has 1 aromatic carbocycles. The number of carbonyl (C=O) groups excluding carboxylic acids is 1. The molecule has 1 aliphatic carbocycles. The van der Waals surface area contributed by atoms with Crippen LogP contribution in [0.3, 0.4) is 0 Å². The van der Waals surface area contributed by atoms with Crippen molar-refractivity contribution in [3.05, 3.63) is 72.8 Å². The van der Waals surface area contributed by atoms with Gasteiger partial charge in [-0.2, -0.15) is 13.2 Å². The van der Waals surface area contributed by atoms with E-state index in [4.69, 9.17) is 4.42 Å². The second-order valence-corrected chi connectivity index (χ2v) is 8.92. The van der Waals surface area contributed by atoms with Crippen molar-refractivity contribution in [1.82, 2.24) is 29.3 Å². The van der Waals surface area contributed by atoms with E-state index in [0.29, 0.717) is 11.5 Å². The fourth-order valence-electron chi connectivity index (χ4n) is 4.12. The monoisotopic (exact) mass is 507 g/mol. The van der Waals surface area contributed by atoms with Gasteiger partial charge in [-0.25, -0.2) is 9.97 Å². The Balaban J connectivity index is 1.26. The van der Waals surface area contributed by atoms with Crippen LogP contribution < -0.4 is 5.32 Å². The molecule has 0 radical (unpaired) electrons. The van der Waals surface area contributed by atoms with E-state index in [1.807, 2.05) is 22.9 Å². The van der Waals surface area contributed by atoms with E-state index in [1.54, 1.807) is 24.5 Å². The predicted molar refractivity (Wildman–Crippen MR) is 127 cm³/mol. The molecule has 0 saturated heterocycles. The smallest absolute Gasteiger partial charge is 0.408 e. The summed E-state index contributed by atoms with van der Waals surface area (Å²) < 4.78 is 48.3. The first-order valence-electron chi connectivity index (χ1n) is 11.6. The Kier molecular flexibility index (Phi) is 5.32. The number of fused-ring (bicyclic) bond motifs is 1. The second-order valence-electron chi connectivity index (χ2n) is 8.92. The zero-order chi connectivity index (χ0) is 25.7. The van der Waals surface area contributed by atoms with Crippen LogP contribution in [-0.2, 0) is 0 Å². The Labute approximate surface area is 208 Å². The normalized spacial score (nSPS) is 14.7. The molecule has 0 aliphatic heterocycles. The van der Waals surface area contributed by atoms with Gasteiger partial charge in [0, 0.05) is 17.5 Å². The number of hydrogen-bond donors (Lipinski definition) is 1. The molecule has 4 aromatic heterocycles. The van der Waals surface area contributed by atoms with Gasteiger partial charge < -0.3 is 18.9 Å². The summed E-state index contributed by atoms with van der Waals surface area (Å²) in [4.78, 5) is 21.8. The molecule has 6 rings (SSSR count). The molecule has 1 atom stereocenters. The average molecular weight is 507 g/mol. The van der Waals surface area contributed by atoms with Crippen LogP contribution >= 0.6 is 0 Å². The zero-order valence-electron chi connectivity index (χ0n) is 19.5. The van der Waals surface area contributed by atoms with Gasteiger partial charge in [-0.3, -0.25) is 4.79 Å². The van der Waals surface area contributed by atoms with E-state index in [-0.39, 0.29) is 23.1 Å². The molecular weight excluding hydrogens is 487 g/mol. The van der Waals surface area contributed by atoms with Crippen LogP contribution in [0.4, 0.5) is 19.0 Å². The summed E-state index contributed by atoms with van der Waals surface area (Å²) in [5.41, 5.74) is 2.54. The van der Waals surface area contributed by atoms with Crippen LogP contribution in [0, 0.1) is 0 Å².